The zero-order chi connectivity index (χ0) is 20.6. The van der Waals surface area contributed by atoms with Crippen LogP contribution >= 0.6 is 0 Å². The summed E-state index contributed by atoms with van der Waals surface area (Å²) in [6.45, 7) is 4.02. The molecule has 3 aromatic rings. The van der Waals surface area contributed by atoms with Gasteiger partial charge in [0.25, 0.3) is 0 Å². The molecular formula is C21H26N6O3. The minimum atomic E-state index is 0.319. The van der Waals surface area contributed by atoms with Gasteiger partial charge in [0.2, 0.25) is 0 Å². The number of fused-ring (bicyclic) bond motifs is 1. The number of hydrazone groups is 1. The summed E-state index contributed by atoms with van der Waals surface area (Å²) in [7, 11) is 1.67. The van der Waals surface area contributed by atoms with Crippen LogP contribution in [0.2, 0.25) is 0 Å². The van der Waals surface area contributed by atoms with E-state index in [1.807, 2.05) is 30.5 Å². The van der Waals surface area contributed by atoms with Crippen LogP contribution in [0, 0.1) is 0 Å². The van der Waals surface area contributed by atoms with Gasteiger partial charge in [0.1, 0.15) is 5.82 Å². The number of ether oxygens (including phenoxy) is 3. The number of aromatic amines is 1. The van der Waals surface area contributed by atoms with E-state index in [9.17, 15) is 0 Å². The Hall–Kier alpha value is -3.17. The summed E-state index contributed by atoms with van der Waals surface area (Å²) in [5, 5.41) is 5.48. The molecule has 0 bridgehead atoms. The molecule has 30 heavy (non-hydrogen) atoms. The molecular weight excluding hydrogens is 384 g/mol. The molecule has 0 aliphatic carbocycles. The molecule has 9 nitrogen and oxygen atoms in total. The number of hydrogen-bond donors (Lipinski definition) is 2. The highest BCUT2D eigenvalue weighted by Crippen LogP contribution is 2.21. The molecule has 1 aliphatic rings. The number of morpholine rings is 1. The van der Waals surface area contributed by atoms with Crippen molar-refractivity contribution < 1.29 is 14.2 Å². The average molecular weight is 410 g/mol. The molecule has 0 saturated carbocycles. The number of rotatable bonds is 9. The number of H-pyrrole nitrogens is 1. The molecule has 2 aromatic heterocycles. The van der Waals surface area contributed by atoms with Crippen molar-refractivity contribution in [1.29, 1.82) is 0 Å². The van der Waals surface area contributed by atoms with Crippen LogP contribution in [0.4, 0.5) is 11.6 Å². The number of anilines is 2. The zero-order valence-corrected chi connectivity index (χ0v) is 17.0. The Bertz CT molecular complexity index is 984. The molecule has 1 aliphatic heterocycles. The number of para-hydroxylation sites is 1. The largest absolute Gasteiger partial charge is 0.463 e. The second-order valence-corrected chi connectivity index (χ2v) is 6.85. The highest BCUT2D eigenvalue weighted by atomic mass is 16.5. The second kappa shape index (κ2) is 10.0. The first-order valence-corrected chi connectivity index (χ1v) is 10.0. The van der Waals surface area contributed by atoms with Crippen LogP contribution in [0.25, 0.3) is 10.9 Å². The molecule has 0 amide bonds. The van der Waals surface area contributed by atoms with Crippen LogP contribution in [0.5, 0.6) is 6.01 Å². The third-order valence-electron chi connectivity index (χ3n) is 4.76. The van der Waals surface area contributed by atoms with E-state index in [1.165, 1.54) is 0 Å². The first kappa shape index (κ1) is 20.1. The number of nitrogens with one attached hydrogen (secondary N) is 2. The van der Waals surface area contributed by atoms with E-state index < -0.39 is 0 Å². The predicted molar refractivity (Wildman–Crippen MR) is 117 cm³/mol. The maximum absolute atomic E-state index is 5.73. The van der Waals surface area contributed by atoms with Crippen molar-refractivity contribution in [2.24, 2.45) is 5.10 Å². The summed E-state index contributed by atoms with van der Waals surface area (Å²) in [6.07, 6.45) is 4.47. The Labute approximate surface area is 175 Å². The standard InChI is InChI=1S/C21H26N6O3/c1-28-9-4-10-30-21-24-19(13-20(25-21)27-7-11-29-12-8-27)26-23-15-16-14-22-18-6-3-2-5-17(16)18/h2-3,5-6,13-15,22H,4,7-12H2,1H3,(H,24,25,26)/b23-15+. The van der Waals surface area contributed by atoms with E-state index in [0.717, 1.165) is 41.8 Å². The molecule has 0 atom stereocenters. The molecule has 4 rings (SSSR count). The van der Waals surface area contributed by atoms with E-state index >= 15 is 0 Å². The zero-order valence-electron chi connectivity index (χ0n) is 17.0. The Morgan fingerprint density at radius 1 is 1.23 bits per heavy atom. The summed E-state index contributed by atoms with van der Waals surface area (Å²) in [6, 6.07) is 10.3. The van der Waals surface area contributed by atoms with Crippen molar-refractivity contribution in [2.75, 3.05) is 57.0 Å². The minimum absolute atomic E-state index is 0.319. The van der Waals surface area contributed by atoms with Gasteiger partial charge in [0.05, 0.1) is 26.0 Å². The van der Waals surface area contributed by atoms with Gasteiger partial charge in [-0.05, 0) is 6.07 Å². The lowest BCUT2D eigenvalue weighted by atomic mass is 10.2. The third kappa shape index (κ3) is 5.05. The summed E-state index contributed by atoms with van der Waals surface area (Å²) in [5.74, 6) is 1.36. The molecule has 0 spiro atoms. The van der Waals surface area contributed by atoms with Crippen molar-refractivity contribution in [1.82, 2.24) is 15.0 Å². The van der Waals surface area contributed by atoms with E-state index in [0.29, 0.717) is 38.3 Å². The fourth-order valence-electron chi connectivity index (χ4n) is 3.22. The van der Waals surface area contributed by atoms with E-state index in [2.05, 4.69) is 36.4 Å². The Morgan fingerprint density at radius 3 is 2.97 bits per heavy atom. The summed E-state index contributed by atoms with van der Waals surface area (Å²) in [4.78, 5) is 14.4. The maximum atomic E-state index is 5.73. The van der Waals surface area contributed by atoms with Crippen LogP contribution in [-0.4, -0.2) is 67.8 Å². The van der Waals surface area contributed by atoms with Crippen LogP contribution in [0.15, 0.2) is 41.6 Å². The Balaban J connectivity index is 1.49. The number of methoxy groups -OCH3 is 1. The predicted octanol–water partition coefficient (Wildman–Crippen LogP) is 2.66. The van der Waals surface area contributed by atoms with Crippen LogP contribution in [0.1, 0.15) is 12.0 Å². The van der Waals surface area contributed by atoms with Crippen molar-refractivity contribution in [3.8, 4) is 6.01 Å². The van der Waals surface area contributed by atoms with Gasteiger partial charge in [0.15, 0.2) is 5.82 Å². The highest BCUT2D eigenvalue weighted by molar-refractivity contribution is 5.99. The minimum Gasteiger partial charge on any atom is -0.463 e. The van der Waals surface area contributed by atoms with Gasteiger partial charge in [-0.2, -0.15) is 15.1 Å². The van der Waals surface area contributed by atoms with Gasteiger partial charge in [-0.3, -0.25) is 5.43 Å². The molecule has 1 saturated heterocycles. The van der Waals surface area contributed by atoms with E-state index in [1.54, 1.807) is 13.3 Å². The Morgan fingerprint density at radius 2 is 2.10 bits per heavy atom. The molecule has 9 heteroatoms. The smallest absolute Gasteiger partial charge is 0.320 e. The number of nitrogens with zero attached hydrogens (tertiary/aromatic N) is 4. The molecule has 3 heterocycles. The number of aromatic nitrogens is 3. The fourth-order valence-corrected chi connectivity index (χ4v) is 3.22. The van der Waals surface area contributed by atoms with Gasteiger partial charge >= 0.3 is 6.01 Å². The number of hydrogen-bond acceptors (Lipinski definition) is 8. The third-order valence-corrected chi connectivity index (χ3v) is 4.76. The molecule has 158 valence electrons. The molecule has 1 fully saturated rings. The van der Waals surface area contributed by atoms with Gasteiger partial charge in [-0.1, -0.05) is 18.2 Å². The maximum Gasteiger partial charge on any atom is 0.320 e. The van der Waals surface area contributed by atoms with Crippen molar-refractivity contribution in [2.45, 2.75) is 6.42 Å². The monoisotopic (exact) mass is 410 g/mol. The molecule has 0 unspecified atom stereocenters. The van der Waals surface area contributed by atoms with Gasteiger partial charge in [-0.25, -0.2) is 0 Å². The summed E-state index contributed by atoms with van der Waals surface area (Å²) in [5.41, 5.74) is 5.08. The lowest BCUT2D eigenvalue weighted by Gasteiger charge is -2.28. The highest BCUT2D eigenvalue weighted by Gasteiger charge is 2.15. The van der Waals surface area contributed by atoms with Crippen molar-refractivity contribution in [3.05, 3.63) is 42.1 Å². The molecule has 2 N–H and O–H groups in total. The van der Waals surface area contributed by atoms with Gasteiger partial charge in [0, 0.05) is 62.0 Å². The van der Waals surface area contributed by atoms with Crippen LogP contribution in [-0.2, 0) is 9.47 Å². The second-order valence-electron chi connectivity index (χ2n) is 6.85. The number of benzene rings is 1. The van der Waals surface area contributed by atoms with Crippen LogP contribution < -0.4 is 15.1 Å². The Kier molecular flexibility index (Phi) is 6.73. The lowest BCUT2D eigenvalue weighted by molar-refractivity contribution is 0.122. The molecule has 0 radical (unpaired) electrons. The summed E-state index contributed by atoms with van der Waals surface area (Å²) >= 11 is 0. The topological polar surface area (TPSA) is 96.9 Å². The van der Waals surface area contributed by atoms with Crippen molar-refractivity contribution >= 4 is 28.8 Å². The first-order valence-electron chi connectivity index (χ1n) is 10.0. The fraction of sp³-hybridized carbons (Fsp3) is 0.381. The normalized spacial score (nSPS) is 14.5. The van der Waals surface area contributed by atoms with Crippen molar-refractivity contribution in [3.63, 3.8) is 0 Å². The molecule has 1 aromatic carbocycles. The van der Waals surface area contributed by atoms with Gasteiger partial charge < -0.3 is 24.1 Å². The lowest BCUT2D eigenvalue weighted by Crippen LogP contribution is -2.36. The van der Waals surface area contributed by atoms with Crippen LogP contribution in [0.3, 0.4) is 0 Å². The van der Waals surface area contributed by atoms with Gasteiger partial charge in [-0.15, -0.1) is 0 Å². The summed E-state index contributed by atoms with van der Waals surface area (Å²) < 4.78 is 16.2. The quantitative estimate of drug-likeness (QED) is 0.318. The first-order chi connectivity index (χ1) is 14.8. The van der Waals surface area contributed by atoms with E-state index in [4.69, 9.17) is 14.2 Å². The SMILES string of the molecule is COCCCOc1nc(N/N=C/c2c[nH]c3ccccc23)cc(N2CCOCC2)n1. The average Bonchev–Trinajstić information content (AvgIpc) is 3.20. The van der Waals surface area contributed by atoms with E-state index in [-0.39, 0.29) is 0 Å².